The van der Waals surface area contributed by atoms with Crippen LogP contribution in [0, 0.1) is 5.92 Å². The summed E-state index contributed by atoms with van der Waals surface area (Å²) < 4.78 is 12.7. The molecule has 1 atom stereocenters. The largest absolute Gasteiger partial charge is 0.496 e. The summed E-state index contributed by atoms with van der Waals surface area (Å²) in [6.45, 7) is 3.76. The molecule has 1 aromatic rings. The number of hydrogen-bond donors (Lipinski definition) is 1. The molecule has 0 saturated heterocycles. The third-order valence-corrected chi connectivity index (χ3v) is 3.52. The molecule has 1 aromatic carbocycles. The number of rotatable bonds is 6. The predicted octanol–water partition coefficient (Wildman–Crippen LogP) is 3.45. The van der Waals surface area contributed by atoms with Crippen LogP contribution in [0.1, 0.15) is 6.92 Å². The van der Waals surface area contributed by atoms with Crippen molar-refractivity contribution in [3.63, 3.8) is 0 Å². The van der Waals surface area contributed by atoms with E-state index in [1.54, 1.807) is 7.11 Å². The molecular formula is C12H17Br2NO2. The lowest BCUT2D eigenvalue weighted by atomic mass is 10.2. The summed E-state index contributed by atoms with van der Waals surface area (Å²) in [6.07, 6.45) is 0. The molecule has 3 nitrogen and oxygen atoms in total. The molecule has 0 aliphatic rings. The van der Waals surface area contributed by atoms with E-state index in [0.717, 1.165) is 27.0 Å². The molecule has 0 spiro atoms. The summed E-state index contributed by atoms with van der Waals surface area (Å²) in [7, 11) is 3.58. The predicted molar refractivity (Wildman–Crippen MR) is 77.0 cm³/mol. The molecule has 0 bridgehead atoms. The Hall–Kier alpha value is -0.260. The van der Waals surface area contributed by atoms with Gasteiger partial charge in [-0.1, -0.05) is 6.92 Å². The van der Waals surface area contributed by atoms with Crippen molar-refractivity contribution >= 4 is 31.9 Å². The van der Waals surface area contributed by atoms with Crippen LogP contribution in [0.5, 0.6) is 11.5 Å². The third-order valence-electron chi connectivity index (χ3n) is 2.28. The lowest BCUT2D eigenvalue weighted by molar-refractivity contribution is 0.256. The molecule has 96 valence electrons. The van der Waals surface area contributed by atoms with E-state index in [4.69, 9.17) is 9.47 Å². The van der Waals surface area contributed by atoms with Crippen molar-refractivity contribution in [2.45, 2.75) is 6.92 Å². The SMILES string of the molecule is CNCC(C)COc1cc(Br)c(OC)cc1Br. The number of halogens is 2. The van der Waals surface area contributed by atoms with Gasteiger partial charge in [-0.2, -0.15) is 0 Å². The van der Waals surface area contributed by atoms with Gasteiger partial charge in [0.25, 0.3) is 0 Å². The fraction of sp³-hybridized carbons (Fsp3) is 0.500. The topological polar surface area (TPSA) is 30.5 Å². The second-order valence-corrected chi connectivity index (χ2v) is 5.60. The highest BCUT2D eigenvalue weighted by molar-refractivity contribution is 9.11. The van der Waals surface area contributed by atoms with Crippen molar-refractivity contribution < 1.29 is 9.47 Å². The van der Waals surface area contributed by atoms with Crippen LogP contribution >= 0.6 is 31.9 Å². The fourth-order valence-corrected chi connectivity index (χ4v) is 2.34. The Morgan fingerprint density at radius 2 is 1.82 bits per heavy atom. The molecule has 0 radical (unpaired) electrons. The number of hydrogen-bond acceptors (Lipinski definition) is 3. The van der Waals surface area contributed by atoms with Crippen molar-refractivity contribution in [2.24, 2.45) is 5.92 Å². The van der Waals surface area contributed by atoms with Crippen LogP contribution in [-0.2, 0) is 0 Å². The second-order valence-electron chi connectivity index (χ2n) is 3.89. The van der Waals surface area contributed by atoms with Gasteiger partial charge in [-0.05, 0) is 51.0 Å². The maximum Gasteiger partial charge on any atom is 0.134 e. The fourth-order valence-electron chi connectivity index (χ4n) is 1.42. The van der Waals surface area contributed by atoms with Crippen LogP contribution in [0.15, 0.2) is 21.1 Å². The summed E-state index contributed by atoms with van der Waals surface area (Å²) in [5.74, 6) is 2.07. The maximum absolute atomic E-state index is 5.76. The molecule has 0 saturated carbocycles. The van der Waals surface area contributed by atoms with Gasteiger partial charge in [0, 0.05) is 12.5 Å². The van der Waals surface area contributed by atoms with Crippen LogP contribution in [0.3, 0.4) is 0 Å². The summed E-state index contributed by atoms with van der Waals surface area (Å²) in [4.78, 5) is 0. The number of methoxy groups -OCH3 is 1. The van der Waals surface area contributed by atoms with Gasteiger partial charge < -0.3 is 14.8 Å². The van der Waals surface area contributed by atoms with Gasteiger partial charge in [0.15, 0.2) is 0 Å². The van der Waals surface area contributed by atoms with Crippen molar-refractivity contribution in [2.75, 3.05) is 27.3 Å². The molecule has 0 aliphatic heterocycles. The molecule has 0 aromatic heterocycles. The van der Waals surface area contributed by atoms with Gasteiger partial charge in [-0.15, -0.1) is 0 Å². The zero-order valence-corrected chi connectivity index (χ0v) is 13.4. The zero-order chi connectivity index (χ0) is 12.8. The molecule has 1 N–H and O–H groups in total. The van der Waals surface area contributed by atoms with E-state index in [9.17, 15) is 0 Å². The van der Waals surface area contributed by atoms with Crippen molar-refractivity contribution in [3.8, 4) is 11.5 Å². The van der Waals surface area contributed by atoms with Gasteiger partial charge in [0.2, 0.25) is 0 Å². The Labute approximate surface area is 119 Å². The van der Waals surface area contributed by atoms with Crippen LogP contribution < -0.4 is 14.8 Å². The normalized spacial score (nSPS) is 12.3. The highest BCUT2D eigenvalue weighted by atomic mass is 79.9. The minimum Gasteiger partial charge on any atom is -0.496 e. The van der Waals surface area contributed by atoms with Crippen LogP contribution in [0.4, 0.5) is 0 Å². The van der Waals surface area contributed by atoms with Crippen molar-refractivity contribution in [1.29, 1.82) is 0 Å². The van der Waals surface area contributed by atoms with Crippen LogP contribution in [0.25, 0.3) is 0 Å². The average molecular weight is 367 g/mol. The van der Waals surface area contributed by atoms with E-state index in [0.29, 0.717) is 12.5 Å². The minimum absolute atomic E-state index is 0.466. The van der Waals surface area contributed by atoms with Gasteiger partial charge in [0.05, 0.1) is 22.7 Å². The molecule has 0 amide bonds. The quantitative estimate of drug-likeness (QED) is 0.836. The second kappa shape index (κ2) is 7.24. The van der Waals surface area contributed by atoms with Crippen molar-refractivity contribution in [1.82, 2.24) is 5.32 Å². The van der Waals surface area contributed by atoms with Gasteiger partial charge in [-0.3, -0.25) is 0 Å². The lowest BCUT2D eigenvalue weighted by Gasteiger charge is -2.14. The molecule has 5 heteroatoms. The molecule has 1 unspecified atom stereocenters. The van der Waals surface area contributed by atoms with Gasteiger partial charge in [-0.25, -0.2) is 0 Å². The third kappa shape index (κ3) is 4.48. The Bertz CT molecular complexity index is 372. The van der Waals surface area contributed by atoms with Crippen molar-refractivity contribution in [3.05, 3.63) is 21.1 Å². The smallest absolute Gasteiger partial charge is 0.134 e. The molecule has 0 fully saturated rings. The van der Waals surface area contributed by atoms with Crippen LogP contribution in [0.2, 0.25) is 0 Å². The number of benzene rings is 1. The Morgan fingerprint density at radius 3 is 2.41 bits per heavy atom. The molecule has 1 rings (SSSR count). The number of ether oxygens (including phenoxy) is 2. The first-order valence-electron chi connectivity index (χ1n) is 5.39. The van der Waals surface area contributed by atoms with E-state index < -0.39 is 0 Å². The highest BCUT2D eigenvalue weighted by Crippen LogP contribution is 2.36. The summed E-state index contributed by atoms with van der Waals surface area (Å²) in [5.41, 5.74) is 0. The number of nitrogens with one attached hydrogen (secondary N) is 1. The molecule has 0 aliphatic carbocycles. The molecule has 0 heterocycles. The van der Waals surface area contributed by atoms with Crippen LogP contribution in [-0.4, -0.2) is 27.3 Å². The zero-order valence-electron chi connectivity index (χ0n) is 10.2. The summed E-state index contributed by atoms with van der Waals surface area (Å²) >= 11 is 6.91. The first kappa shape index (κ1) is 14.8. The first-order valence-corrected chi connectivity index (χ1v) is 6.97. The highest BCUT2D eigenvalue weighted by Gasteiger charge is 2.09. The van der Waals surface area contributed by atoms with E-state index in [2.05, 4.69) is 44.1 Å². The van der Waals surface area contributed by atoms with E-state index in [1.165, 1.54) is 0 Å². The van der Waals surface area contributed by atoms with E-state index in [1.807, 2.05) is 19.2 Å². The minimum atomic E-state index is 0.466. The van der Waals surface area contributed by atoms with E-state index >= 15 is 0 Å². The summed E-state index contributed by atoms with van der Waals surface area (Å²) in [6, 6.07) is 3.80. The van der Waals surface area contributed by atoms with Gasteiger partial charge in [0.1, 0.15) is 11.5 Å². The van der Waals surface area contributed by atoms with Gasteiger partial charge >= 0.3 is 0 Å². The van der Waals surface area contributed by atoms with E-state index in [-0.39, 0.29) is 0 Å². The monoisotopic (exact) mass is 365 g/mol. The summed E-state index contributed by atoms with van der Waals surface area (Å²) in [5, 5.41) is 3.13. The molecule has 17 heavy (non-hydrogen) atoms. The Kier molecular flexibility index (Phi) is 6.30. The maximum atomic E-state index is 5.76. The first-order chi connectivity index (χ1) is 8.08. The Morgan fingerprint density at radius 1 is 1.24 bits per heavy atom. The standard InChI is InChI=1S/C12H17Br2NO2/c1-8(6-15-2)7-17-12-5-9(13)11(16-3)4-10(12)14/h4-5,8,15H,6-7H2,1-3H3. The lowest BCUT2D eigenvalue weighted by Crippen LogP contribution is -2.21. The average Bonchev–Trinajstić information content (AvgIpc) is 2.30. The molecular weight excluding hydrogens is 350 g/mol. The Balaban J connectivity index is 2.68.